The van der Waals surface area contributed by atoms with Crippen molar-refractivity contribution in [2.45, 2.75) is 42.7 Å². The van der Waals surface area contributed by atoms with Crippen LogP contribution in [-0.4, -0.2) is 20.8 Å². The van der Waals surface area contributed by atoms with Gasteiger partial charge in [0.15, 0.2) is 5.60 Å². The maximum atomic E-state index is 12.4. The molecule has 25 heavy (non-hydrogen) atoms. The van der Waals surface area contributed by atoms with E-state index in [1.807, 2.05) is 36.4 Å². The zero-order chi connectivity index (χ0) is 18.1. The van der Waals surface area contributed by atoms with Gasteiger partial charge < -0.3 is 10.1 Å². The van der Waals surface area contributed by atoms with Crippen LogP contribution < -0.4 is 10.1 Å². The Morgan fingerprint density at radius 2 is 1.84 bits per heavy atom. The molecule has 1 heterocycles. The van der Waals surface area contributed by atoms with Crippen LogP contribution in [-0.2, 0) is 11.3 Å². The molecule has 0 aliphatic heterocycles. The average molecular weight is 379 g/mol. The van der Waals surface area contributed by atoms with Crippen LogP contribution in [0.25, 0.3) is 0 Å². The van der Waals surface area contributed by atoms with Gasteiger partial charge in [0.2, 0.25) is 0 Å². The number of carbonyl (C=O) groups is 1. The van der Waals surface area contributed by atoms with Gasteiger partial charge in [-0.2, -0.15) is 0 Å². The summed E-state index contributed by atoms with van der Waals surface area (Å²) in [5.74, 6) is 0.612. The number of hydrogen-bond donors (Lipinski definition) is 1. The summed E-state index contributed by atoms with van der Waals surface area (Å²) >= 11 is 12.2. The number of benzene rings is 1. The maximum absolute atomic E-state index is 12.4. The van der Waals surface area contributed by atoms with Crippen LogP contribution >= 0.6 is 23.2 Å². The molecule has 1 fully saturated rings. The minimum Gasteiger partial charge on any atom is -0.478 e. The SMILES string of the molecule is CC(C)(Oc1ccc([C@H]2CC2(Cl)Cl)cc1)C(=O)NCc1ccncc1. The second-order valence-electron chi connectivity index (χ2n) is 6.74. The summed E-state index contributed by atoms with van der Waals surface area (Å²) in [6.07, 6.45) is 4.15. The quantitative estimate of drug-likeness (QED) is 0.765. The second kappa shape index (κ2) is 6.85. The van der Waals surface area contributed by atoms with Gasteiger partial charge in [0.1, 0.15) is 10.1 Å². The number of aromatic nitrogens is 1. The van der Waals surface area contributed by atoms with Gasteiger partial charge in [-0.1, -0.05) is 12.1 Å². The van der Waals surface area contributed by atoms with Crippen molar-refractivity contribution in [3.05, 3.63) is 59.9 Å². The van der Waals surface area contributed by atoms with Gasteiger partial charge in [0.25, 0.3) is 5.91 Å². The maximum Gasteiger partial charge on any atom is 0.263 e. The van der Waals surface area contributed by atoms with Crippen molar-refractivity contribution in [2.75, 3.05) is 0 Å². The van der Waals surface area contributed by atoms with Crippen LogP contribution in [0, 0.1) is 0 Å². The summed E-state index contributed by atoms with van der Waals surface area (Å²) < 4.78 is 5.22. The average Bonchev–Trinajstić information content (AvgIpc) is 3.22. The van der Waals surface area contributed by atoms with Crippen molar-refractivity contribution in [3.8, 4) is 5.75 Å². The van der Waals surface area contributed by atoms with Crippen LogP contribution in [0.5, 0.6) is 5.75 Å². The van der Waals surface area contributed by atoms with E-state index < -0.39 is 9.93 Å². The van der Waals surface area contributed by atoms with Crippen molar-refractivity contribution in [3.63, 3.8) is 0 Å². The third-order valence-electron chi connectivity index (χ3n) is 4.23. The zero-order valence-corrected chi connectivity index (χ0v) is 15.6. The molecule has 132 valence electrons. The first-order valence-corrected chi connectivity index (χ1v) is 8.87. The van der Waals surface area contributed by atoms with Gasteiger partial charge in [0.05, 0.1) is 0 Å². The van der Waals surface area contributed by atoms with Gasteiger partial charge in [-0.15, -0.1) is 23.2 Å². The molecule has 1 saturated carbocycles. The number of carbonyl (C=O) groups excluding carboxylic acids is 1. The Morgan fingerprint density at radius 3 is 2.40 bits per heavy atom. The first-order chi connectivity index (χ1) is 11.8. The molecule has 1 N–H and O–H groups in total. The first kappa shape index (κ1) is 18.0. The lowest BCUT2D eigenvalue weighted by atomic mass is 10.1. The number of amides is 1. The highest BCUT2D eigenvalue weighted by molar-refractivity contribution is 6.51. The summed E-state index contributed by atoms with van der Waals surface area (Å²) in [4.78, 5) is 16.4. The van der Waals surface area contributed by atoms with E-state index in [2.05, 4.69) is 10.3 Å². The lowest BCUT2D eigenvalue weighted by molar-refractivity contribution is -0.134. The van der Waals surface area contributed by atoms with Crippen molar-refractivity contribution >= 4 is 29.1 Å². The third kappa shape index (κ3) is 4.44. The summed E-state index contributed by atoms with van der Waals surface area (Å²) in [5.41, 5.74) is 1.08. The molecule has 1 aliphatic carbocycles. The number of ether oxygens (including phenoxy) is 1. The molecule has 1 aliphatic rings. The molecule has 2 aromatic rings. The number of rotatable bonds is 6. The fraction of sp³-hybridized carbons (Fsp3) is 0.368. The topological polar surface area (TPSA) is 51.2 Å². The predicted molar refractivity (Wildman–Crippen MR) is 99.0 cm³/mol. The molecule has 1 atom stereocenters. The van der Waals surface area contributed by atoms with Crippen LogP contribution in [0.3, 0.4) is 0 Å². The molecule has 1 aromatic carbocycles. The molecule has 4 nitrogen and oxygen atoms in total. The smallest absolute Gasteiger partial charge is 0.263 e. The fourth-order valence-electron chi connectivity index (χ4n) is 2.58. The lowest BCUT2D eigenvalue weighted by Crippen LogP contribution is -2.46. The van der Waals surface area contributed by atoms with E-state index in [9.17, 15) is 4.79 Å². The van der Waals surface area contributed by atoms with E-state index in [1.165, 1.54) is 0 Å². The zero-order valence-electron chi connectivity index (χ0n) is 14.1. The summed E-state index contributed by atoms with van der Waals surface area (Å²) in [6.45, 7) is 3.92. The Labute approximate surface area is 157 Å². The van der Waals surface area contributed by atoms with E-state index in [0.29, 0.717) is 12.3 Å². The molecule has 0 unspecified atom stereocenters. The van der Waals surface area contributed by atoms with Crippen molar-refractivity contribution in [1.29, 1.82) is 0 Å². The molecular weight excluding hydrogens is 359 g/mol. The van der Waals surface area contributed by atoms with Crippen LogP contribution in [0.1, 0.15) is 37.3 Å². The van der Waals surface area contributed by atoms with Gasteiger partial charge in [0, 0.05) is 24.9 Å². The molecule has 1 amide bonds. The van der Waals surface area contributed by atoms with Crippen LogP contribution in [0.2, 0.25) is 0 Å². The number of hydrogen-bond acceptors (Lipinski definition) is 3. The van der Waals surface area contributed by atoms with Crippen molar-refractivity contribution in [2.24, 2.45) is 0 Å². The minimum atomic E-state index is -0.989. The standard InChI is InChI=1S/C19H20Cl2N2O2/c1-18(2,17(24)23-12-13-7-9-22-10-8-13)25-15-5-3-14(4-6-15)16-11-19(16,20)21/h3-10,16H,11-12H2,1-2H3,(H,23,24)/t16-/m1/s1. The van der Waals surface area contributed by atoms with Gasteiger partial charge >= 0.3 is 0 Å². The molecule has 3 rings (SSSR count). The monoisotopic (exact) mass is 378 g/mol. The summed E-state index contributed by atoms with van der Waals surface area (Å²) in [6, 6.07) is 11.3. The lowest BCUT2D eigenvalue weighted by Gasteiger charge is -2.25. The van der Waals surface area contributed by atoms with Crippen molar-refractivity contribution < 1.29 is 9.53 Å². The predicted octanol–water partition coefficient (Wildman–Crippen LogP) is 4.22. The van der Waals surface area contributed by atoms with E-state index in [1.54, 1.807) is 26.2 Å². The summed E-state index contributed by atoms with van der Waals surface area (Å²) in [5, 5.41) is 2.88. The number of alkyl halides is 2. The fourth-order valence-corrected chi connectivity index (χ4v) is 3.14. The number of nitrogens with zero attached hydrogens (tertiary/aromatic N) is 1. The van der Waals surface area contributed by atoms with E-state index in [4.69, 9.17) is 27.9 Å². The Balaban J connectivity index is 1.57. The van der Waals surface area contributed by atoms with E-state index >= 15 is 0 Å². The van der Waals surface area contributed by atoms with E-state index in [0.717, 1.165) is 17.5 Å². The van der Waals surface area contributed by atoms with Crippen molar-refractivity contribution in [1.82, 2.24) is 10.3 Å². The molecule has 0 spiro atoms. The molecule has 6 heteroatoms. The van der Waals surface area contributed by atoms with Gasteiger partial charge in [-0.3, -0.25) is 9.78 Å². The third-order valence-corrected chi connectivity index (χ3v) is 5.07. The number of nitrogens with one attached hydrogen (secondary N) is 1. The molecule has 0 saturated heterocycles. The van der Waals surface area contributed by atoms with Crippen LogP contribution in [0.15, 0.2) is 48.8 Å². The van der Waals surface area contributed by atoms with Gasteiger partial charge in [-0.25, -0.2) is 0 Å². The Morgan fingerprint density at radius 1 is 1.24 bits per heavy atom. The highest BCUT2D eigenvalue weighted by Crippen LogP contribution is 2.59. The Bertz CT molecular complexity index is 746. The second-order valence-corrected chi connectivity index (χ2v) is 8.28. The summed E-state index contributed by atoms with van der Waals surface area (Å²) in [7, 11) is 0. The highest BCUT2D eigenvalue weighted by atomic mass is 35.5. The first-order valence-electron chi connectivity index (χ1n) is 8.12. The molecule has 0 bridgehead atoms. The normalized spacial score (nSPS) is 18.5. The Hall–Kier alpha value is -1.78. The minimum absolute atomic E-state index is 0.168. The number of halogens is 2. The molecule has 1 aromatic heterocycles. The molecule has 0 radical (unpaired) electrons. The highest BCUT2D eigenvalue weighted by Gasteiger charge is 2.52. The largest absolute Gasteiger partial charge is 0.478 e. The van der Waals surface area contributed by atoms with Gasteiger partial charge in [-0.05, 0) is 55.7 Å². The molecular formula is C19H20Cl2N2O2. The Kier molecular flexibility index (Phi) is 4.94. The van der Waals surface area contributed by atoms with E-state index in [-0.39, 0.29) is 11.8 Å². The van der Waals surface area contributed by atoms with Crippen LogP contribution in [0.4, 0.5) is 0 Å². The number of pyridine rings is 1.